The number of fused-ring (bicyclic) bond motifs is 5. The number of hydrogen-bond donors (Lipinski definition) is 3. The van der Waals surface area contributed by atoms with E-state index < -0.39 is 0 Å². The highest BCUT2D eigenvalue weighted by atomic mass is 16.3. The molecule has 0 radical (unpaired) electrons. The van der Waals surface area contributed by atoms with Gasteiger partial charge in [-0.05, 0) is 67.6 Å². The van der Waals surface area contributed by atoms with E-state index in [1.165, 1.54) is 32.1 Å². The summed E-state index contributed by atoms with van der Waals surface area (Å²) in [6.45, 7) is 0.267. The molecule has 1 amide bonds. The molecule has 4 heteroatoms. The topological polar surface area (TPSA) is 61.4 Å². The lowest BCUT2D eigenvalue weighted by molar-refractivity contribution is 0.0945. The number of anilines is 1. The number of nitrogens with one attached hydrogen (secondary N) is 2. The molecule has 2 bridgehead atoms. The lowest BCUT2D eigenvalue weighted by Crippen LogP contribution is -2.34. The second kappa shape index (κ2) is 6.16. The molecule has 0 aromatic heterocycles. The lowest BCUT2D eigenvalue weighted by atomic mass is 9.79. The molecule has 23 heavy (non-hydrogen) atoms. The highest BCUT2D eigenvalue weighted by molar-refractivity contribution is 5.95. The molecule has 0 spiro atoms. The van der Waals surface area contributed by atoms with Gasteiger partial charge in [-0.2, -0.15) is 0 Å². The van der Waals surface area contributed by atoms with Crippen molar-refractivity contribution in [2.45, 2.75) is 38.1 Å². The van der Waals surface area contributed by atoms with Crippen LogP contribution in [0.15, 0.2) is 24.3 Å². The van der Waals surface area contributed by atoms with Crippen LogP contribution in [0.1, 0.15) is 42.5 Å². The van der Waals surface area contributed by atoms with Crippen LogP contribution in [-0.2, 0) is 0 Å². The SMILES string of the molecule is O=C(NCCO)c1cccc(NC2CC3CC2C2CCCC32)c1. The molecule has 4 rings (SSSR count). The molecule has 3 aliphatic carbocycles. The van der Waals surface area contributed by atoms with Crippen LogP contribution in [0, 0.1) is 23.7 Å². The summed E-state index contributed by atoms with van der Waals surface area (Å²) in [7, 11) is 0. The monoisotopic (exact) mass is 314 g/mol. The molecule has 3 fully saturated rings. The number of benzene rings is 1. The largest absolute Gasteiger partial charge is 0.395 e. The van der Waals surface area contributed by atoms with E-state index in [2.05, 4.69) is 16.7 Å². The normalized spacial score (nSPS) is 34.4. The maximum atomic E-state index is 12.0. The first-order valence-electron chi connectivity index (χ1n) is 9.02. The Labute approximate surface area is 137 Å². The first kappa shape index (κ1) is 15.0. The van der Waals surface area contributed by atoms with Gasteiger partial charge in [0.15, 0.2) is 0 Å². The summed E-state index contributed by atoms with van der Waals surface area (Å²) in [5, 5.41) is 15.2. The smallest absolute Gasteiger partial charge is 0.251 e. The molecular weight excluding hydrogens is 288 g/mol. The fourth-order valence-corrected chi connectivity index (χ4v) is 5.47. The number of carbonyl (C=O) groups excluding carboxylic acids is 1. The van der Waals surface area contributed by atoms with Gasteiger partial charge in [0.2, 0.25) is 0 Å². The number of aliphatic hydroxyl groups is 1. The Bertz CT molecular complexity index is 588. The van der Waals surface area contributed by atoms with Crippen molar-refractivity contribution in [3.8, 4) is 0 Å². The first-order valence-corrected chi connectivity index (χ1v) is 9.02. The van der Waals surface area contributed by atoms with Gasteiger partial charge in [0, 0.05) is 23.8 Å². The second-order valence-corrected chi connectivity index (χ2v) is 7.47. The Morgan fingerprint density at radius 2 is 2.04 bits per heavy atom. The van der Waals surface area contributed by atoms with E-state index in [0.717, 1.165) is 29.4 Å². The molecule has 5 atom stereocenters. The van der Waals surface area contributed by atoms with Crippen molar-refractivity contribution in [3.63, 3.8) is 0 Å². The van der Waals surface area contributed by atoms with E-state index in [9.17, 15) is 4.79 Å². The van der Waals surface area contributed by atoms with Gasteiger partial charge in [-0.3, -0.25) is 4.79 Å². The Kier molecular flexibility index (Phi) is 4.02. The van der Waals surface area contributed by atoms with E-state index in [-0.39, 0.29) is 12.5 Å². The van der Waals surface area contributed by atoms with Crippen molar-refractivity contribution >= 4 is 11.6 Å². The van der Waals surface area contributed by atoms with Crippen LogP contribution < -0.4 is 10.6 Å². The third-order valence-corrected chi connectivity index (χ3v) is 6.30. The van der Waals surface area contributed by atoms with Crippen molar-refractivity contribution in [3.05, 3.63) is 29.8 Å². The zero-order valence-corrected chi connectivity index (χ0v) is 13.5. The van der Waals surface area contributed by atoms with Crippen molar-refractivity contribution in [1.29, 1.82) is 0 Å². The van der Waals surface area contributed by atoms with Gasteiger partial charge < -0.3 is 15.7 Å². The minimum atomic E-state index is -0.119. The zero-order chi connectivity index (χ0) is 15.8. The summed E-state index contributed by atoms with van der Waals surface area (Å²) in [5.41, 5.74) is 1.71. The summed E-state index contributed by atoms with van der Waals surface area (Å²) in [6.07, 6.45) is 7.01. The van der Waals surface area contributed by atoms with Gasteiger partial charge in [0.25, 0.3) is 5.91 Å². The summed E-state index contributed by atoms with van der Waals surface area (Å²) in [6, 6.07) is 8.33. The van der Waals surface area contributed by atoms with Gasteiger partial charge in [-0.25, -0.2) is 0 Å². The van der Waals surface area contributed by atoms with Crippen LogP contribution in [0.4, 0.5) is 5.69 Å². The average molecular weight is 314 g/mol. The molecule has 3 N–H and O–H groups in total. The fraction of sp³-hybridized carbons (Fsp3) is 0.632. The van der Waals surface area contributed by atoms with Gasteiger partial charge >= 0.3 is 0 Å². The first-order chi connectivity index (χ1) is 11.3. The third kappa shape index (κ3) is 2.74. The maximum absolute atomic E-state index is 12.0. The maximum Gasteiger partial charge on any atom is 0.251 e. The summed E-state index contributed by atoms with van der Waals surface area (Å²) in [5.74, 6) is 3.60. The average Bonchev–Trinajstić information content (AvgIpc) is 3.25. The molecular formula is C19H26N2O2. The molecule has 5 unspecified atom stereocenters. The van der Waals surface area contributed by atoms with Crippen LogP contribution in [-0.4, -0.2) is 30.2 Å². The van der Waals surface area contributed by atoms with Crippen LogP contribution in [0.25, 0.3) is 0 Å². The van der Waals surface area contributed by atoms with E-state index >= 15 is 0 Å². The van der Waals surface area contributed by atoms with Gasteiger partial charge in [0.1, 0.15) is 0 Å². The van der Waals surface area contributed by atoms with E-state index in [4.69, 9.17) is 5.11 Å². The van der Waals surface area contributed by atoms with E-state index in [0.29, 0.717) is 18.2 Å². The highest BCUT2D eigenvalue weighted by Gasteiger charge is 2.53. The highest BCUT2D eigenvalue weighted by Crippen LogP contribution is 2.59. The quantitative estimate of drug-likeness (QED) is 0.783. The predicted octanol–water partition coefficient (Wildman–Crippen LogP) is 2.65. The van der Waals surface area contributed by atoms with Crippen LogP contribution in [0.5, 0.6) is 0 Å². The Balaban J connectivity index is 1.43. The van der Waals surface area contributed by atoms with Crippen molar-refractivity contribution in [1.82, 2.24) is 5.32 Å². The van der Waals surface area contributed by atoms with Gasteiger partial charge in [-0.15, -0.1) is 0 Å². The summed E-state index contributed by atoms with van der Waals surface area (Å²) >= 11 is 0. The fourth-order valence-electron chi connectivity index (χ4n) is 5.47. The molecule has 124 valence electrons. The van der Waals surface area contributed by atoms with E-state index in [1.807, 2.05) is 18.2 Å². The number of hydrogen-bond acceptors (Lipinski definition) is 3. The number of rotatable bonds is 5. The Morgan fingerprint density at radius 3 is 2.91 bits per heavy atom. The Morgan fingerprint density at radius 1 is 1.17 bits per heavy atom. The van der Waals surface area contributed by atoms with Crippen molar-refractivity contribution < 1.29 is 9.90 Å². The minimum Gasteiger partial charge on any atom is -0.395 e. The molecule has 1 aromatic carbocycles. The second-order valence-electron chi connectivity index (χ2n) is 7.47. The standard InChI is InChI=1S/C19H26N2O2/c22-8-7-20-19(23)12-3-1-4-14(9-12)21-18-11-13-10-17(18)16-6-2-5-15(13)16/h1,3-4,9,13,15-18,21-22H,2,5-8,10-11H2,(H,20,23). The number of aliphatic hydroxyl groups excluding tert-OH is 1. The van der Waals surface area contributed by atoms with E-state index in [1.54, 1.807) is 0 Å². The van der Waals surface area contributed by atoms with Crippen LogP contribution in [0.2, 0.25) is 0 Å². The predicted molar refractivity (Wildman–Crippen MR) is 90.3 cm³/mol. The molecule has 0 saturated heterocycles. The zero-order valence-electron chi connectivity index (χ0n) is 13.5. The summed E-state index contributed by atoms with van der Waals surface area (Å²) in [4.78, 5) is 12.0. The van der Waals surface area contributed by atoms with Crippen molar-refractivity contribution in [2.75, 3.05) is 18.5 Å². The molecule has 1 aromatic rings. The molecule has 0 heterocycles. The third-order valence-electron chi connectivity index (χ3n) is 6.30. The lowest BCUT2D eigenvalue weighted by Gasteiger charge is -2.32. The van der Waals surface area contributed by atoms with Crippen LogP contribution >= 0.6 is 0 Å². The van der Waals surface area contributed by atoms with Gasteiger partial charge in [0.05, 0.1) is 6.61 Å². The number of amides is 1. The molecule has 3 saturated carbocycles. The van der Waals surface area contributed by atoms with Crippen LogP contribution in [0.3, 0.4) is 0 Å². The number of carbonyl (C=O) groups is 1. The Hall–Kier alpha value is -1.55. The minimum absolute atomic E-state index is 0.0304. The van der Waals surface area contributed by atoms with Gasteiger partial charge in [-0.1, -0.05) is 12.5 Å². The molecule has 3 aliphatic rings. The molecule has 4 nitrogen and oxygen atoms in total. The van der Waals surface area contributed by atoms with Crippen molar-refractivity contribution in [2.24, 2.45) is 23.7 Å². The molecule has 0 aliphatic heterocycles. The summed E-state index contributed by atoms with van der Waals surface area (Å²) < 4.78 is 0.